The Morgan fingerprint density at radius 1 is 1.21 bits per heavy atom. The van der Waals surface area contributed by atoms with Gasteiger partial charge in [0.15, 0.2) is 0 Å². The smallest absolute Gasteiger partial charge is 0.306 e. The lowest BCUT2D eigenvalue weighted by Gasteiger charge is -2.35. The summed E-state index contributed by atoms with van der Waals surface area (Å²) >= 11 is 0. The maximum absolute atomic E-state index is 12.3. The minimum atomic E-state index is -1.43. The summed E-state index contributed by atoms with van der Waals surface area (Å²) in [5.74, 6) is -1.20. The van der Waals surface area contributed by atoms with Gasteiger partial charge in [-0.25, -0.2) is 4.68 Å². The molecule has 1 aromatic heterocycles. The molecule has 1 aliphatic heterocycles. The van der Waals surface area contributed by atoms with Crippen LogP contribution in [0.4, 0.5) is 0 Å². The third-order valence-corrected chi connectivity index (χ3v) is 4.89. The second-order valence-electron chi connectivity index (χ2n) is 6.55. The third-order valence-electron chi connectivity index (χ3n) is 4.89. The molecule has 0 saturated carbocycles. The molecule has 0 spiro atoms. The number of nitrogens with zero attached hydrogens (tertiary/aromatic N) is 3. The molecule has 1 aromatic carbocycles. The van der Waals surface area contributed by atoms with Crippen molar-refractivity contribution in [3.8, 4) is 17.6 Å². The Hall–Kier alpha value is -3.80. The number of carbonyl (C=O) groups excluding carboxylic acids is 2. The van der Waals surface area contributed by atoms with Gasteiger partial charge < -0.3 is 19.9 Å². The first-order valence-electron chi connectivity index (χ1n) is 8.75. The number of fused-ring (bicyclic) bond motifs is 1. The van der Waals surface area contributed by atoms with Crippen molar-refractivity contribution < 1.29 is 23.8 Å². The third kappa shape index (κ3) is 3.29. The van der Waals surface area contributed by atoms with Gasteiger partial charge >= 0.3 is 11.9 Å². The fourth-order valence-corrected chi connectivity index (χ4v) is 3.63. The summed E-state index contributed by atoms with van der Waals surface area (Å²) in [7, 11) is 2.46. The number of hydrogen-bond donors (Lipinski definition) is 1. The van der Waals surface area contributed by atoms with Crippen LogP contribution in [0.2, 0.25) is 0 Å². The van der Waals surface area contributed by atoms with Crippen LogP contribution in [-0.2, 0) is 24.5 Å². The monoisotopic (exact) mass is 396 g/mol. The highest BCUT2D eigenvalue weighted by Crippen LogP contribution is 2.50. The van der Waals surface area contributed by atoms with Gasteiger partial charge in [-0.15, -0.1) is 0 Å². The average Bonchev–Trinajstić information content (AvgIpc) is 3.05. The Bertz CT molecular complexity index is 1020. The van der Waals surface area contributed by atoms with E-state index in [9.17, 15) is 14.9 Å². The van der Waals surface area contributed by atoms with Gasteiger partial charge in [-0.2, -0.15) is 10.4 Å². The van der Waals surface area contributed by atoms with Crippen molar-refractivity contribution >= 4 is 11.9 Å². The van der Waals surface area contributed by atoms with E-state index in [-0.39, 0.29) is 30.2 Å². The minimum absolute atomic E-state index is 0.0449. The number of aryl methyl sites for hydroxylation is 1. The standard InChI is InChI=1S/C20H20N4O5/c1-12-17-19(24(23-12)13-7-5-4-6-8-13)29-18(22)14(11-21)20(17,9-15(25)27-2)10-16(26)28-3/h4-8H,9-10,22H2,1-3H3. The van der Waals surface area contributed by atoms with Crippen LogP contribution in [0.1, 0.15) is 24.1 Å². The zero-order chi connectivity index (χ0) is 21.2. The van der Waals surface area contributed by atoms with E-state index in [1.54, 1.807) is 6.92 Å². The molecule has 0 fully saturated rings. The van der Waals surface area contributed by atoms with Gasteiger partial charge in [0.05, 0.1) is 49.4 Å². The number of allylic oxidation sites excluding steroid dienone is 1. The second kappa shape index (κ2) is 7.67. The second-order valence-corrected chi connectivity index (χ2v) is 6.55. The van der Waals surface area contributed by atoms with Crippen molar-refractivity contribution in [1.82, 2.24) is 9.78 Å². The summed E-state index contributed by atoms with van der Waals surface area (Å²) in [6, 6.07) is 11.1. The number of ether oxygens (including phenoxy) is 3. The Morgan fingerprint density at radius 2 is 1.79 bits per heavy atom. The number of esters is 2. The highest BCUT2D eigenvalue weighted by molar-refractivity contribution is 5.80. The van der Waals surface area contributed by atoms with Crippen molar-refractivity contribution in [2.24, 2.45) is 5.73 Å². The fourth-order valence-electron chi connectivity index (χ4n) is 3.63. The average molecular weight is 396 g/mol. The molecule has 0 atom stereocenters. The highest BCUT2D eigenvalue weighted by atomic mass is 16.5. The Balaban J connectivity index is 2.33. The van der Waals surface area contributed by atoms with Crippen molar-refractivity contribution in [3.05, 3.63) is 53.0 Å². The summed E-state index contributed by atoms with van der Waals surface area (Å²) < 4.78 is 17.0. The zero-order valence-electron chi connectivity index (χ0n) is 16.3. The van der Waals surface area contributed by atoms with Crippen LogP contribution in [-0.4, -0.2) is 35.9 Å². The molecule has 3 rings (SSSR count). The van der Waals surface area contributed by atoms with Crippen LogP contribution in [0.25, 0.3) is 5.69 Å². The van der Waals surface area contributed by atoms with Gasteiger partial charge in [-0.05, 0) is 19.1 Å². The van der Waals surface area contributed by atoms with E-state index < -0.39 is 17.4 Å². The van der Waals surface area contributed by atoms with Gasteiger partial charge in [0, 0.05) is 0 Å². The van der Waals surface area contributed by atoms with Crippen LogP contribution >= 0.6 is 0 Å². The molecular formula is C20H20N4O5. The Kier molecular flexibility index (Phi) is 5.28. The lowest BCUT2D eigenvalue weighted by Crippen LogP contribution is -2.40. The summed E-state index contributed by atoms with van der Waals surface area (Å²) in [4.78, 5) is 24.6. The van der Waals surface area contributed by atoms with Gasteiger partial charge in [-0.1, -0.05) is 18.2 Å². The number of benzene rings is 1. The van der Waals surface area contributed by atoms with E-state index in [1.165, 1.54) is 18.9 Å². The van der Waals surface area contributed by atoms with Crippen LogP contribution in [0.15, 0.2) is 41.8 Å². The number of carbonyl (C=O) groups is 2. The predicted molar refractivity (Wildman–Crippen MR) is 101 cm³/mol. The van der Waals surface area contributed by atoms with Crippen LogP contribution in [0, 0.1) is 18.3 Å². The predicted octanol–water partition coefficient (Wildman–Crippen LogP) is 1.63. The van der Waals surface area contributed by atoms with Crippen LogP contribution in [0.3, 0.4) is 0 Å². The molecule has 0 amide bonds. The molecule has 2 aromatic rings. The first kappa shape index (κ1) is 19.9. The molecule has 0 bridgehead atoms. The first-order chi connectivity index (χ1) is 13.9. The zero-order valence-corrected chi connectivity index (χ0v) is 16.3. The van der Waals surface area contributed by atoms with Gasteiger partial charge in [0.2, 0.25) is 11.8 Å². The molecule has 2 heterocycles. The van der Waals surface area contributed by atoms with E-state index in [4.69, 9.17) is 19.9 Å². The molecule has 2 N–H and O–H groups in total. The lowest BCUT2D eigenvalue weighted by molar-refractivity contribution is -0.144. The van der Waals surface area contributed by atoms with Crippen LogP contribution in [0.5, 0.6) is 5.88 Å². The molecule has 9 nitrogen and oxygen atoms in total. The van der Waals surface area contributed by atoms with Crippen molar-refractivity contribution in [2.45, 2.75) is 25.2 Å². The summed E-state index contributed by atoms with van der Waals surface area (Å²) in [6.07, 6.45) is -0.611. The summed E-state index contributed by atoms with van der Waals surface area (Å²) in [5.41, 5.74) is 6.18. The number of rotatable bonds is 5. The largest absolute Gasteiger partial charge is 0.469 e. The molecule has 150 valence electrons. The molecule has 0 radical (unpaired) electrons. The number of nitrogens with two attached hydrogens (primary N) is 1. The number of hydrogen-bond acceptors (Lipinski definition) is 8. The molecule has 0 unspecified atom stereocenters. The van der Waals surface area contributed by atoms with E-state index in [2.05, 4.69) is 5.10 Å². The molecule has 0 aliphatic carbocycles. The number of aromatic nitrogens is 2. The molecule has 1 aliphatic rings. The quantitative estimate of drug-likeness (QED) is 0.755. The highest BCUT2D eigenvalue weighted by Gasteiger charge is 2.51. The van der Waals surface area contributed by atoms with Crippen molar-refractivity contribution in [2.75, 3.05) is 14.2 Å². The maximum Gasteiger partial charge on any atom is 0.306 e. The molecular weight excluding hydrogens is 376 g/mol. The Morgan fingerprint density at radius 3 is 2.31 bits per heavy atom. The van der Waals surface area contributed by atoms with Gasteiger partial charge in [0.1, 0.15) is 11.6 Å². The normalized spacial score (nSPS) is 14.4. The van der Waals surface area contributed by atoms with E-state index in [0.717, 1.165) is 0 Å². The van der Waals surface area contributed by atoms with Gasteiger partial charge in [-0.3, -0.25) is 9.59 Å². The molecule has 9 heteroatoms. The van der Waals surface area contributed by atoms with E-state index in [1.807, 2.05) is 36.4 Å². The van der Waals surface area contributed by atoms with E-state index in [0.29, 0.717) is 16.9 Å². The van der Waals surface area contributed by atoms with Crippen LogP contribution < -0.4 is 10.5 Å². The molecule has 0 saturated heterocycles. The fraction of sp³-hybridized carbons (Fsp3) is 0.300. The SMILES string of the molecule is COC(=O)CC1(CC(=O)OC)C(C#N)=C(N)Oc2c1c(C)nn2-c1ccccc1. The summed E-state index contributed by atoms with van der Waals surface area (Å²) in [6.45, 7) is 1.71. The molecule has 29 heavy (non-hydrogen) atoms. The first-order valence-corrected chi connectivity index (χ1v) is 8.75. The maximum atomic E-state index is 12.3. The van der Waals surface area contributed by atoms with E-state index >= 15 is 0 Å². The lowest BCUT2D eigenvalue weighted by atomic mass is 9.68. The van der Waals surface area contributed by atoms with Crippen molar-refractivity contribution in [1.29, 1.82) is 5.26 Å². The number of para-hydroxylation sites is 1. The summed E-state index contributed by atoms with van der Waals surface area (Å²) in [5, 5.41) is 14.3. The minimum Gasteiger partial charge on any atom is -0.469 e. The van der Waals surface area contributed by atoms with Crippen molar-refractivity contribution in [3.63, 3.8) is 0 Å². The Labute approximate surface area is 167 Å². The van der Waals surface area contributed by atoms with Gasteiger partial charge in [0.25, 0.3) is 0 Å². The topological polar surface area (TPSA) is 129 Å². The number of nitriles is 1. The number of methoxy groups -OCH3 is 2.